The van der Waals surface area contributed by atoms with Crippen LogP contribution in [0.5, 0.6) is 5.75 Å². The lowest BCUT2D eigenvalue weighted by Crippen LogP contribution is -2.30. The molecule has 3 nitrogen and oxygen atoms in total. The van der Waals surface area contributed by atoms with Crippen molar-refractivity contribution in [2.45, 2.75) is 25.4 Å². The van der Waals surface area contributed by atoms with Gasteiger partial charge in [0.15, 0.2) is 0 Å². The molecule has 1 saturated heterocycles. The number of benzene rings is 1. The topological polar surface area (TPSA) is 38.5 Å². The van der Waals surface area contributed by atoms with Gasteiger partial charge in [0.1, 0.15) is 12.4 Å². The average molecular weight is 220 g/mol. The minimum atomic E-state index is 0.578. The lowest BCUT2D eigenvalue weighted by molar-refractivity contribution is 0.198. The summed E-state index contributed by atoms with van der Waals surface area (Å²) < 4.78 is 5.78. The summed E-state index contributed by atoms with van der Waals surface area (Å²) in [5.41, 5.74) is 6.69. The number of rotatable bonds is 4. The number of hydrogen-bond acceptors (Lipinski definition) is 3. The van der Waals surface area contributed by atoms with Crippen LogP contribution < -0.4 is 10.5 Å². The highest BCUT2D eigenvalue weighted by Crippen LogP contribution is 2.17. The highest BCUT2D eigenvalue weighted by Gasteiger charge is 2.21. The van der Waals surface area contributed by atoms with E-state index in [4.69, 9.17) is 10.5 Å². The monoisotopic (exact) mass is 220 g/mol. The molecular weight excluding hydrogens is 200 g/mol. The first-order chi connectivity index (χ1) is 7.79. The van der Waals surface area contributed by atoms with Gasteiger partial charge in [0.25, 0.3) is 0 Å². The van der Waals surface area contributed by atoms with Crippen LogP contribution in [0.15, 0.2) is 24.3 Å². The van der Waals surface area contributed by atoms with Crippen molar-refractivity contribution < 1.29 is 4.74 Å². The van der Waals surface area contributed by atoms with Crippen molar-refractivity contribution in [1.29, 1.82) is 0 Å². The molecule has 0 bridgehead atoms. The maximum Gasteiger partial charge on any atom is 0.119 e. The van der Waals surface area contributed by atoms with Crippen LogP contribution >= 0.6 is 0 Å². The van der Waals surface area contributed by atoms with Crippen molar-refractivity contribution >= 4 is 0 Å². The zero-order valence-corrected chi connectivity index (χ0v) is 9.86. The Kier molecular flexibility index (Phi) is 3.80. The number of hydrogen-bond donors (Lipinski definition) is 1. The van der Waals surface area contributed by atoms with E-state index in [0.717, 1.165) is 17.9 Å². The normalized spacial score (nSPS) is 21.2. The van der Waals surface area contributed by atoms with E-state index in [9.17, 15) is 0 Å². The molecule has 3 heteroatoms. The van der Waals surface area contributed by atoms with Crippen LogP contribution in [0.4, 0.5) is 0 Å². The van der Waals surface area contributed by atoms with Gasteiger partial charge in [-0.15, -0.1) is 0 Å². The Hall–Kier alpha value is -1.06. The van der Waals surface area contributed by atoms with Crippen LogP contribution in [0.2, 0.25) is 0 Å². The quantitative estimate of drug-likeness (QED) is 0.838. The number of ether oxygens (including phenoxy) is 1. The molecular formula is C13H20N2O. The predicted molar refractivity (Wildman–Crippen MR) is 65.5 cm³/mol. The van der Waals surface area contributed by atoms with E-state index in [2.05, 4.69) is 11.9 Å². The molecule has 0 amide bonds. The van der Waals surface area contributed by atoms with E-state index in [1.165, 1.54) is 19.4 Å². The van der Waals surface area contributed by atoms with Crippen molar-refractivity contribution in [2.75, 3.05) is 20.2 Å². The maximum atomic E-state index is 5.78. The fourth-order valence-electron chi connectivity index (χ4n) is 2.10. The Labute approximate surface area is 97.2 Å². The van der Waals surface area contributed by atoms with Gasteiger partial charge in [0, 0.05) is 12.6 Å². The fraction of sp³-hybridized carbons (Fsp3) is 0.538. The molecule has 2 N–H and O–H groups in total. The van der Waals surface area contributed by atoms with Gasteiger partial charge in [-0.25, -0.2) is 0 Å². The lowest BCUT2D eigenvalue weighted by Gasteiger charge is -2.19. The van der Waals surface area contributed by atoms with Gasteiger partial charge in [-0.05, 0) is 44.1 Å². The molecule has 0 radical (unpaired) electrons. The second kappa shape index (κ2) is 5.32. The second-order valence-corrected chi connectivity index (χ2v) is 4.44. The molecule has 1 heterocycles. The average Bonchev–Trinajstić information content (AvgIpc) is 2.73. The van der Waals surface area contributed by atoms with Crippen LogP contribution in [0.25, 0.3) is 0 Å². The smallest absolute Gasteiger partial charge is 0.119 e. The minimum absolute atomic E-state index is 0.578. The molecule has 0 aromatic heterocycles. The third-order valence-electron chi connectivity index (χ3n) is 3.27. The van der Waals surface area contributed by atoms with E-state index in [-0.39, 0.29) is 0 Å². The summed E-state index contributed by atoms with van der Waals surface area (Å²) in [6.45, 7) is 2.57. The molecule has 2 rings (SSSR count). The lowest BCUT2D eigenvalue weighted by atomic mass is 10.2. The van der Waals surface area contributed by atoms with Crippen molar-refractivity contribution in [2.24, 2.45) is 5.73 Å². The Morgan fingerprint density at radius 3 is 2.69 bits per heavy atom. The molecule has 1 aliphatic rings. The summed E-state index contributed by atoms with van der Waals surface area (Å²) in [7, 11) is 2.17. The van der Waals surface area contributed by atoms with Crippen LogP contribution in [0.3, 0.4) is 0 Å². The number of nitrogens with two attached hydrogens (primary N) is 1. The predicted octanol–water partition coefficient (Wildman–Crippen LogP) is 1.62. The summed E-state index contributed by atoms with van der Waals surface area (Å²) in [6, 6.07) is 8.62. The molecule has 1 unspecified atom stereocenters. The van der Waals surface area contributed by atoms with Crippen molar-refractivity contribution in [1.82, 2.24) is 4.90 Å². The summed E-state index contributed by atoms with van der Waals surface area (Å²) in [6.07, 6.45) is 2.54. The van der Waals surface area contributed by atoms with Gasteiger partial charge in [-0.1, -0.05) is 12.1 Å². The molecule has 1 aliphatic heterocycles. The van der Waals surface area contributed by atoms with E-state index >= 15 is 0 Å². The van der Waals surface area contributed by atoms with E-state index in [0.29, 0.717) is 12.6 Å². The van der Waals surface area contributed by atoms with Crippen LogP contribution in [-0.2, 0) is 6.54 Å². The Morgan fingerprint density at radius 1 is 1.38 bits per heavy atom. The fourth-order valence-corrected chi connectivity index (χ4v) is 2.10. The minimum Gasteiger partial charge on any atom is -0.492 e. The van der Waals surface area contributed by atoms with E-state index < -0.39 is 0 Å². The maximum absolute atomic E-state index is 5.78. The molecule has 0 aliphatic carbocycles. The van der Waals surface area contributed by atoms with Gasteiger partial charge in [0.05, 0.1) is 0 Å². The SMILES string of the molecule is CN1CCCC1COc1ccc(CN)cc1. The standard InChI is InChI=1S/C13H20N2O/c1-15-8-2-3-12(15)10-16-13-6-4-11(9-14)5-7-13/h4-7,12H,2-3,8-10,14H2,1H3. The highest BCUT2D eigenvalue weighted by molar-refractivity contribution is 5.27. The summed E-state index contributed by atoms with van der Waals surface area (Å²) in [4.78, 5) is 2.37. The first kappa shape index (κ1) is 11.4. The Bertz CT molecular complexity index is 323. The third kappa shape index (κ3) is 2.74. The molecule has 1 atom stereocenters. The molecule has 16 heavy (non-hydrogen) atoms. The molecule has 1 fully saturated rings. The summed E-state index contributed by atoms with van der Waals surface area (Å²) in [5.74, 6) is 0.942. The number of likely N-dealkylation sites (N-methyl/N-ethyl adjacent to an activating group) is 1. The van der Waals surface area contributed by atoms with Gasteiger partial charge < -0.3 is 15.4 Å². The van der Waals surface area contributed by atoms with Crippen molar-refractivity contribution in [3.8, 4) is 5.75 Å². The van der Waals surface area contributed by atoms with Gasteiger partial charge >= 0.3 is 0 Å². The van der Waals surface area contributed by atoms with E-state index in [1.54, 1.807) is 0 Å². The molecule has 0 saturated carbocycles. The Balaban J connectivity index is 1.84. The number of nitrogens with zero attached hydrogens (tertiary/aromatic N) is 1. The second-order valence-electron chi connectivity index (χ2n) is 4.44. The first-order valence-corrected chi connectivity index (χ1v) is 5.91. The van der Waals surface area contributed by atoms with Gasteiger partial charge in [-0.2, -0.15) is 0 Å². The van der Waals surface area contributed by atoms with Crippen molar-refractivity contribution in [3.63, 3.8) is 0 Å². The van der Waals surface area contributed by atoms with Crippen LogP contribution in [-0.4, -0.2) is 31.1 Å². The zero-order valence-electron chi connectivity index (χ0n) is 9.86. The molecule has 88 valence electrons. The summed E-state index contributed by atoms with van der Waals surface area (Å²) in [5, 5.41) is 0. The largest absolute Gasteiger partial charge is 0.492 e. The number of likely N-dealkylation sites (tertiary alicyclic amines) is 1. The van der Waals surface area contributed by atoms with Crippen molar-refractivity contribution in [3.05, 3.63) is 29.8 Å². The first-order valence-electron chi connectivity index (χ1n) is 5.91. The van der Waals surface area contributed by atoms with E-state index in [1.807, 2.05) is 24.3 Å². The van der Waals surface area contributed by atoms with Crippen LogP contribution in [0.1, 0.15) is 18.4 Å². The molecule has 0 spiro atoms. The highest BCUT2D eigenvalue weighted by atomic mass is 16.5. The Morgan fingerprint density at radius 2 is 2.12 bits per heavy atom. The summed E-state index contributed by atoms with van der Waals surface area (Å²) >= 11 is 0. The third-order valence-corrected chi connectivity index (χ3v) is 3.27. The molecule has 1 aromatic rings. The zero-order chi connectivity index (χ0) is 11.4. The van der Waals surface area contributed by atoms with Crippen LogP contribution in [0, 0.1) is 0 Å². The molecule has 1 aromatic carbocycles. The van der Waals surface area contributed by atoms with Gasteiger partial charge in [0.2, 0.25) is 0 Å². The van der Waals surface area contributed by atoms with Gasteiger partial charge in [-0.3, -0.25) is 0 Å².